The Morgan fingerprint density at radius 3 is 2.74 bits per heavy atom. The Bertz CT molecular complexity index is 976. The zero-order valence-corrected chi connectivity index (χ0v) is 13.3. The smallest absolute Gasteiger partial charge is 0.204 e. The second kappa shape index (κ2) is 5.80. The molecule has 118 valence electrons. The van der Waals surface area contributed by atoms with E-state index in [4.69, 9.17) is 9.15 Å². The standard InChI is InChI=1S/C19H18O4/c1-11(2)8-9-13-16(22-3)10-14(20)17-18(21)12-6-4-5-7-15(12)23-19(13)17/h4-8,10,20H,9H2,1-3H3. The molecular weight excluding hydrogens is 292 g/mol. The number of fused-ring (bicyclic) bond motifs is 2. The lowest BCUT2D eigenvalue weighted by Crippen LogP contribution is -2.05. The molecule has 0 bridgehead atoms. The van der Waals surface area contributed by atoms with Crippen molar-refractivity contribution in [2.45, 2.75) is 20.3 Å². The highest BCUT2D eigenvalue weighted by Gasteiger charge is 2.18. The molecule has 0 aliphatic heterocycles. The fourth-order valence-electron chi connectivity index (χ4n) is 2.66. The van der Waals surface area contributed by atoms with E-state index in [2.05, 4.69) is 0 Å². The van der Waals surface area contributed by atoms with Crippen LogP contribution in [0.4, 0.5) is 0 Å². The lowest BCUT2D eigenvalue weighted by molar-refractivity contribution is 0.404. The number of ether oxygens (including phenoxy) is 1. The van der Waals surface area contributed by atoms with E-state index in [1.165, 1.54) is 13.2 Å². The number of aromatic hydroxyl groups is 1. The minimum absolute atomic E-state index is 0.127. The first-order chi connectivity index (χ1) is 11.0. The van der Waals surface area contributed by atoms with Crippen LogP contribution in [0.25, 0.3) is 21.9 Å². The number of hydrogen-bond acceptors (Lipinski definition) is 4. The molecule has 2 aromatic carbocycles. The van der Waals surface area contributed by atoms with Crippen molar-refractivity contribution in [2.24, 2.45) is 0 Å². The molecule has 0 aliphatic carbocycles. The second-order valence-corrected chi connectivity index (χ2v) is 5.69. The average Bonchev–Trinajstić information content (AvgIpc) is 2.53. The van der Waals surface area contributed by atoms with Crippen molar-refractivity contribution in [3.8, 4) is 11.5 Å². The maximum absolute atomic E-state index is 12.7. The summed E-state index contributed by atoms with van der Waals surface area (Å²) >= 11 is 0. The largest absolute Gasteiger partial charge is 0.507 e. The Labute approximate surface area is 133 Å². The van der Waals surface area contributed by atoms with Gasteiger partial charge in [0.15, 0.2) is 0 Å². The van der Waals surface area contributed by atoms with Gasteiger partial charge in [0.2, 0.25) is 5.43 Å². The predicted molar refractivity (Wildman–Crippen MR) is 91.3 cm³/mol. The zero-order valence-electron chi connectivity index (χ0n) is 13.3. The van der Waals surface area contributed by atoms with Crippen LogP contribution in [0.3, 0.4) is 0 Å². The number of methoxy groups -OCH3 is 1. The van der Waals surface area contributed by atoms with Crippen molar-refractivity contribution in [3.63, 3.8) is 0 Å². The normalized spacial score (nSPS) is 10.9. The quantitative estimate of drug-likeness (QED) is 0.582. The highest BCUT2D eigenvalue weighted by molar-refractivity contribution is 5.95. The molecule has 0 aliphatic rings. The Hall–Kier alpha value is -2.75. The fourth-order valence-corrected chi connectivity index (χ4v) is 2.66. The third-order valence-corrected chi connectivity index (χ3v) is 3.83. The maximum Gasteiger partial charge on any atom is 0.204 e. The average molecular weight is 310 g/mol. The van der Waals surface area contributed by atoms with Gasteiger partial charge in [-0.25, -0.2) is 0 Å². The molecule has 4 nitrogen and oxygen atoms in total. The van der Waals surface area contributed by atoms with E-state index < -0.39 is 0 Å². The van der Waals surface area contributed by atoms with E-state index in [1.54, 1.807) is 18.2 Å². The molecule has 0 saturated heterocycles. The van der Waals surface area contributed by atoms with Gasteiger partial charge < -0.3 is 14.3 Å². The van der Waals surface area contributed by atoms with Gasteiger partial charge in [0.25, 0.3) is 0 Å². The summed E-state index contributed by atoms with van der Waals surface area (Å²) in [4.78, 5) is 12.7. The van der Waals surface area contributed by atoms with Crippen LogP contribution >= 0.6 is 0 Å². The molecule has 0 radical (unpaired) electrons. The van der Waals surface area contributed by atoms with Gasteiger partial charge in [-0.05, 0) is 32.4 Å². The van der Waals surface area contributed by atoms with Crippen molar-refractivity contribution in [3.05, 3.63) is 57.8 Å². The molecule has 23 heavy (non-hydrogen) atoms. The summed E-state index contributed by atoms with van der Waals surface area (Å²) in [6, 6.07) is 8.50. The van der Waals surface area contributed by atoms with Gasteiger partial charge in [-0.15, -0.1) is 0 Å². The van der Waals surface area contributed by atoms with Gasteiger partial charge in [0.1, 0.15) is 28.1 Å². The highest BCUT2D eigenvalue weighted by Crippen LogP contribution is 2.35. The van der Waals surface area contributed by atoms with Gasteiger partial charge in [-0.1, -0.05) is 23.8 Å². The van der Waals surface area contributed by atoms with Crippen molar-refractivity contribution < 1.29 is 14.3 Å². The summed E-state index contributed by atoms with van der Waals surface area (Å²) in [5, 5.41) is 10.9. The third-order valence-electron chi connectivity index (χ3n) is 3.83. The minimum atomic E-state index is -0.236. The van der Waals surface area contributed by atoms with Gasteiger partial charge >= 0.3 is 0 Å². The molecule has 0 spiro atoms. The van der Waals surface area contributed by atoms with E-state index in [1.807, 2.05) is 26.0 Å². The van der Waals surface area contributed by atoms with E-state index in [9.17, 15) is 9.90 Å². The molecule has 1 N–H and O–H groups in total. The molecule has 0 saturated carbocycles. The summed E-state index contributed by atoms with van der Waals surface area (Å²) in [5.41, 5.74) is 2.54. The van der Waals surface area contributed by atoms with Gasteiger partial charge in [0.05, 0.1) is 12.5 Å². The van der Waals surface area contributed by atoms with Gasteiger partial charge in [0, 0.05) is 11.6 Å². The molecule has 0 fully saturated rings. The summed E-state index contributed by atoms with van der Waals surface area (Å²) < 4.78 is 11.3. The molecule has 0 unspecified atom stereocenters. The third kappa shape index (κ3) is 2.57. The highest BCUT2D eigenvalue weighted by atomic mass is 16.5. The van der Waals surface area contributed by atoms with Crippen LogP contribution in [0.5, 0.6) is 11.5 Å². The maximum atomic E-state index is 12.7. The Morgan fingerprint density at radius 2 is 2.04 bits per heavy atom. The van der Waals surface area contributed by atoms with Crippen LogP contribution in [-0.2, 0) is 6.42 Å². The van der Waals surface area contributed by atoms with E-state index in [0.717, 1.165) is 11.1 Å². The Morgan fingerprint density at radius 1 is 1.30 bits per heavy atom. The van der Waals surface area contributed by atoms with Crippen LogP contribution in [0.15, 0.2) is 51.2 Å². The SMILES string of the molecule is COc1cc(O)c2c(=O)c3ccccc3oc2c1CC=C(C)C. The van der Waals surface area contributed by atoms with Crippen LogP contribution in [0.2, 0.25) is 0 Å². The summed E-state index contributed by atoms with van der Waals surface area (Å²) in [7, 11) is 1.53. The Kier molecular flexibility index (Phi) is 3.82. The van der Waals surface area contributed by atoms with Crippen molar-refractivity contribution in [1.29, 1.82) is 0 Å². The van der Waals surface area contributed by atoms with Crippen molar-refractivity contribution in [1.82, 2.24) is 0 Å². The van der Waals surface area contributed by atoms with Crippen LogP contribution in [0, 0.1) is 0 Å². The molecule has 3 aromatic rings. The molecule has 1 aromatic heterocycles. The number of allylic oxidation sites excluding steroid dienone is 2. The van der Waals surface area contributed by atoms with Gasteiger partial charge in [-0.3, -0.25) is 4.79 Å². The molecule has 0 amide bonds. The van der Waals surface area contributed by atoms with Crippen LogP contribution < -0.4 is 10.2 Å². The topological polar surface area (TPSA) is 59.7 Å². The first-order valence-corrected chi connectivity index (χ1v) is 7.40. The van der Waals surface area contributed by atoms with E-state index in [0.29, 0.717) is 28.7 Å². The van der Waals surface area contributed by atoms with Gasteiger partial charge in [-0.2, -0.15) is 0 Å². The lowest BCUT2D eigenvalue weighted by atomic mass is 10.0. The molecule has 4 heteroatoms. The van der Waals surface area contributed by atoms with Crippen LogP contribution in [-0.4, -0.2) is 12.2 Å². The summed E-state index contributed by atoms with van der Waals surface area (Å²) in [5.74, 6) is 0.378. The fraction of sp³-hybridized carbons (Fsp3) is 0.211. The number of hydrogen-bond donors (Lipinski definition) is 1. The summed E-state index contributed by atoms with van der Waals surface area (Å²) in [6.07, 6.45) is 2.59. The Balaban J connectivity index is 2.46. The molecule has 0 atom stereocenters. The number of para-hydroxylation sites is 1. The lowest BCUT2D eigenvalue weighted by Gasteiger charge is -2.12. The summed E-state index contributed by atoms with van der Waals surface area (Å²) in [6.45, 7) is 4.00. The van der Waals surface area contributed by atoms with Crippen molar-refractivity contribution >= 4 is 21.9 Å². The van der Waals surface area contributed by atoms with E-state index >= 15 is 0 Å². The second-order valence-electron chi connectivity index (χ2n) is 5.69. The zero-order chi connectivity index (χ0) is 16.6. The monoisotopic (exact) mass is 310 g/mol. The minimum Gasteiger partial charge on any atom is -0.507 e. The number of rotatable bonds is 3. The predicted octanol–water partition coefficient (Wildman–Crippen LogP) is 4.17. The first kappa shape index (κ1) is 15.2. The molecular formula is C19H18O4. The van der Waals surface area contributed by atoms with E-state index in [-0.39, 0.29) is 16.6 Å². The van der Waals surface area contributed by atoms with Crippen LogP contribution in [0.1, 0.15) is 19.4 Å². The van der Waals surface area contributed by atoms with Crippen molar-refractivity contribution in [2.75, 3.05) is 7.11 Å². The number of phenolic OH excluding ortho intramolecular Hbond substituents is 1. The first-order valence-electron chi connectivity index (χ1n) is 7.40. The molecule has 1 heterocycles. The number of phenols is 1. The molecule has 3 rings (SSSR count). The number of benzene rings is 2.